The lowest BCUT2D eigenvalue weighted by Crippen LogP contribution is -2.29. The maximum atomic E-state index is 13.5. The molecule has 0 bridgehead atoms. The van der Waals surface area contributed by atoms with E-state index in [1.54, 1.807) is 12.1 Å². The molecule has 2 aromatic carbocycles. The molecule has 0 fully saturated rings. The fraction of sp³-hybridized carbons (Fsp3) is 0.182. The van der Waals surface area contributed by atoms with E-state index in [0.717, 1.165) is 16.1 Å². The number of aromatic nitrogens is 2. The zero-order chi connectivity index (χ0) is 21.0. The second-order valence-electron chi connectivity index (χ2n) is 7.09. The molecule has 4 aromatic rings. The minimum Gasteiger partial charge on any atom is -0.450 e. The van der Waals surface area contributed by atoms with Crippen molar-refractivity contribution in [3.63, 3.8) is 0 Å². The van der Waals surface area contributed by atoms with E-state index in [-0.39, 0.29) is 11.2 Å². The second-order valence-corrected chi connectivity index (χ2v) is 8.54. The molecule has 0 saturated carbocycles. The summed E-state index contributed by atoms with van der Waals surface area (Å²) in [4.78, 5) is 28.5. The Kier molecular flexibility index (Phi) is 4.45. The third-order valence-corrected chi connectivity index (χ3v) is 6.71. The quantitative estimate of drug-likeness (QED) is 0.454. The van der Waals surface area contributed by atoms with E-state index in [1.807, 2.05) is 44.2 Å². The second kappa shape index (κ2) is 7.04. The van der Waals surface area contributed by atoms with Gasteiger partial charge in [0.25, 0.3) is 5.91 Å². The van der Waals surface area contributed by atoms with Crippen molar-refractivity contribution >= 4 is 44.9 Å². The van der Waals surface area contributed by atoms with Crippen LogP contribution in [0.2, 0.25) is 5.02 Å². The van der Waals surface area contributed by atoms with Gasteiger partial charge in [0, 0.05) is 5.02 Å². The lowest BCUT2D eigenvalue weighted by atomic mass is 9.98. The van der Waals surface area contributed by atoms with Crippen LogP contribution in [-0.2, 0) is 6.42 Å². The lowest BCUT2D eigenvalue weighted by Gasteiger charge is -2.21. The van der Waals surface area contributed by atoms with Crippen LogP contribution in [0.3, 0.4) is 0 Å². The highest BCUT2D eigenvalue weighted by molar-refractivity contribution is 7.15. The highest BCUT2D eigenvalue weighted by Crippen LogP contribution is 2.42. The van der Waals surface area contributed by atoms with Crippen molar-refractivity contribution in [1.82, 2.24) is 10.2 Å². The maximum Gasteiger partial charge on any atom is 0.297 e. The number of hydrogen-bond acceptors (Lipinski definition) is 6. The van der Waals surface area contributed by atoms with Gasteiger partial charge in [-0.15, -0.1) is 10.2 Å². The van der Waals surface area contributed by atoms with Crippen LogP contribution in [0.25, 0.3) is 11.0 Å². The molecule has 30 heavy (non-hydrogen) atoms. The minimum absolute atomic E-state index is 0.0383. The normalized spacial score (nSPS) is 15.8. The number of rotatable bonds is 3. The molecule has 0 radical (unpaired) electrons. The molecule has 8 heteroatoms. The topological polar surface area (TPSA) is 76.3 Å². The van der Waals surface area contributed by atoms with E-state index < -0.39 is 11.9 Å². The third-order valence-electron chi connectivity index (χ3n) is 5.23. The van der Waals surface area contributed by atoms with Crippen LogP contribution in [0.1, 0.15) is 45.2 Å². The van der Waals surface area contributed by atoms with Crippen LogP contribution in [0.15, 0.2) is 51.7 Å². The first kappa shape index (κ1) is 19.0. The number of carbonyl (C=O) groups is 1. The molecule has 0 spiro atoms. The van der Waals surface area contributed by atoms with Crippen molar-refractivity contribution in [2.24, 2.45) is 0 Å². The maximum absolute atomic E-state index is 13.5. The zero-order valence-electron chi connectivity index (χ0n) is 16.2. The average Bonchev–Trinajstić information content (AvgIpc) is 3.33. The van der Waals surface area contributed by atoms with Crippen LogP contribution >= 0.6 is 22.9 Å². The van der Waals surface area contributed by atoms with Gasteiger partial charge in [0.1, 0.15) is 10.6 Å². The van der Waals surface area contributed by atoms with Gasteiger partial charge < -0.3 is 4.42 Å². The number of anilines is 1. The van der Waals surface area contributed by atoms with Crippen LogP contribution in [-0.4, -0.2) is 16.1 Å². The number of nitrogens with zero attached hydrogens (tertiary/aromatic N) is 3. The van der Waals surface area contributed by atoms with Gasteiger partial charge in [0.15, 0.2) is 5.43 Å². The fourth-order valence-corrected chi connectivity index (χ4v) is 4.70. The smallest absolute Gasteiger partial charge is 0.297 e. The average molecular weight is 438 g/mol. The molecule has 0 N–H and O–H groups in total. The monoisotopic (exact) mass is 437 g/mol. The molecule has 1 aliphatic rings. The number of amides is 1. The van der Waals surface area contributed by atoms with Crippen LogP contribution in [0.5, 0.6) is 0 Å². The Labute approximate surface area is 180 Å². The summed E-state index contributed by atoms with van der Waals surface area (Å²) in [7, 11) is 0. The van der Waals surface area contributed by atoms with E-state index in [1.165, 1.54) is 16.2 Å². The van der Waals surface area contributed by atoms with Crippen molar-refractivity contribution in [1.29, 1.82) is 0 Å². The Morgan fingerprint density at radius 1 is 1.17 bits per heavy atom. The number of carbonyl (C=O) groups excluding carboxylic acids is 1. The molecule has 5 rings (SSSR count). The van der Waals surface area contributed by atoms with E-state index in [4.69, 9.17) is 16.0 Å². The van der Waals surface area contributed by atoms with Crippen LogP contribution < -0.4 is 10.3 Å². The summed E-state index contributed by atoms with van der Waals surface area (Å²) in [5, 5.41) is 10.4. The predicted octanol–water partition coefficient (Wildman–Crippen LogP) is 4.92. The summed E-state index contributed by atoms with van der Waals surface area (Å²) in [6.07, 6.45) is 0.710. The molecular weight excluding hydrogens is 422 g/mol. The van der Waals surface area contributed by atoms with Gasteiger partial charge in [0.05, 0.1) is 17.0 Å². The first-order valence-corrected chi connectivity index (χ1v) is 10.7. The summed E-state index contributed by atoms with van der Waals surface area (Å²) in [5.41, 5.74) is 1.94. The highest BCUT2D eigenvalue weighted by Gasteiger charge is 2.45. The fourth-order valence-electron chi connectivity index (χ4n) is 3.73. The Balaban J connectivity index is 1.81. The molecule has 0 aliphatic carbocycles. The summed E-state index contributed by atoms with van der Waals surface area (Å²) in [5.74, 6) is -0.361. The van der Waals surface area contributed by atoms with Crippen LogP contribution in [0, 0.1) is 6.92 Å². The lowest BCUT2D eigenvalue weighted by molar-refractivity contribution is 0.0970. The Morgan fingerprint density at radius 2 is 1.93 bits per heavy atom. The summed E-state index contributed by atoms with van der Waals surface area (Å²) < 4.78 is 5.98. The molecule has 1 amide bonds. The summed E-state index contributed by atoms with van der Waals surface area (Å²) >= 11 is 7.60. The molecule has 1 unspecified atom stereocenters. The van der Waals surface area contributed by atoms with Crippen molar-refractivity contribution in [2.45, 2.75) is 26.3 Å². The molecule has 6 nitrogen and oxygen atoms in total. The Morgan fingerprint density at radius 3 is 2.63 bits per heavy atom. The molecule has 2 aromatic heterocycles. The van der Waals surface area contributed by atoms with Gasteiger partial charge >= 0.3 is 0 Å². The van der Waals surface area contributed by atoms with Crippen LogP contribution in [0.4, 0.5) is 5.13 Å². The number of halogens is 1. The third kappa shape index (κ3) is 2.77. The Bertz CT molecular complexity index is 1360. The standard InChI is InChI=1S/C22H16ClN3O3S/c1-3-16-24-25-22(30-16)26-18(12-7-5-4-6-8-12)17-19(27)13-10-14(23)11(2)9-15(13)29-20(17)21(26)28/h4-10,18H,3H2,1-2H3. The summed E-state index contributed by atoms with van der Waals surface area (Å²) in [6.45, 7) is 3.80. The van der Waals surface area contributed by atoms with Gasteiger partial charge in [0.2, 0.25) is 10.9 Å². The van der Waals surface area contributed by atoms with Gasteiger partial charge in [-0.3, -0.25) is 14.5 Å². The predicted molar refractivity (Wildman–Crippen MR) is 117 cm³/mol. The number of fused-ring (bicyclic) bond motifs is 2. The molecule has 150 valence electrons. The largest absolute Gasteiger partial charge is 0.450 e. The van der Waals surface area contributed by atoms with E-state index in [0.29, 0.717) is 33.1 Å². The van der Waals surface area contributed by atoms with Gasteiger partial charge in [-0.05, 0) is 36.6 Å². The van der Waals surface area contributed by atoms with Gasteiger partial charge in [-0.25, -0.2) is 0 Å². The molecule has 1 aliphatic heterocycles. The van der Waals surface area contributed by atoms with E-state index in [9.17, 15) is 9.59 Å². The van der Waals surface area contributed by atoms with Crippen molar-refractivity contribution in [2.75, 3.05) is 4.90 Å². The molecular formula is C22H16ClN3O3S. The molecule has 3 heterocycles. The van der Waals surface area contributed by atoms with E-state index >= 15 is 0 Å². The number of aryl methyl sites for hydroxylation is 2. The Hall–Kier alpha value is -3.03. The molecule has 1 atom stereocenters. The molecule has 0 saturated heterocycles. The first-order chi connectivity index (χ1) is 14.5. The zero-order valence-corrected chi connectivity index (χ0v) is 17.8. The number of benzene rings is 2. The minimum atomic E-state index is -0.646. The highest BCUT2D eigenvalue weighted by atomic mass is 35.5. The van der Waals surface area contributed by atoms with Crippen molar-refractivity contribution in [3.8, 4) is 0 Å². The van der Waals surface area contributed by atoms with Crippen molar-refractivity contribution in [3.05, 3.63) is 85.2 Å². The SMILES string of the molecule is CCc1nnc(N2C(=O)c3oc4cc(C)c(Cl)cc4c(=O)c3C2c2ccccc2)s1. The van der Waals surface area contributed by atoms with Gasteiger partial charge in [-0.2, -0.15) is 0 Å². The van der Waals surface area contributed by atoms with Gasteiger partial charge in [-0.1, -0.05) is 60.2 Å². The van der Waals surface area contributed by atoms with E-state index in [2.05, 4.69) is 10.2 Å². The summed E-state index contributed by atoms with van der Waals surface area (Å²) in [6, 6.07) is 12.0. The van der Waals surface area contributed by atoms with Crippen molar-refractivity contribution < 1.29 is 9.21 Å². The number of hydrogen-bond donors (Lipinski definition) is 0. The first-order valence-electron chi connectivity index (χ1n) is 9.47.